The van der Waals surface area contributed by atoms with Crippen molar-refractivity contribution in [2.45, 2.75) is 33.3 Å². The summed E-state index contributed by atoms with van der Waals surface area (Å²) >= 11 is 0. The number of hydrogen-bond acceptors (Lipinski definition) is 3. The zero-order chi connectivity index (χ0) is 14.3. The summed E-state index contributed by atoms with van der Waals surface area (Å²) in [6, 6.07) is 7.69. The van der Waals surface area contributed by atoms with Gasteiger partial charge in [0, 0.05) is 6.54 Å². The van der Waals surface area contributed by atoms with Crippen LogP contribution in [0.1, 0.15) is 26.3 Å². The molecule has 1 atom stereocenters. The Bertz CT molecular complexity index is 405. The molecule has 19 heavy (non-hydrogen) atoms. The van der Waals surface area contributed by atoms with Crippen LogP contribution in [0.3, 0.4) is 0 Å². The molecule has 0 spiro atoms. The number of ether oxygens (including phenoxy) is 1. The molecule has 1 aromatic carbocycles. The van der Waals surface area contributed by atoms with Crippen LogP contribution in [0, 0.1) is 5.92 Å². The average molecular weight is 264 g/mol. The molecule has 1 rings (SSSR count). The zero-order valence-electron chi connectivity index (χ0n) is 12.0. The molecule has 0 saturated heterocycles. The Morgan fingerprint density at radius 2 is 2.00 bits per heavy atom. The van der Waals surface area contributed by atoms with E-state index in [9.17, 15) is 4.79 Å². The highest BCUT2D eigenvalue weighted by molar-refractivity contribution is 5.80. The third kappa shape index (κ3) is 5.30. The van der Waals surface area contributed by atoms with Crippen molar-refractivity contribution in [3.8, 4) is 5.75 Å². The monoisotopic (exact) mass is 264 g/mol. The van der Waals surface area contributed by atoms with Crippen LogP contribution in [0.25, 0.3) is 0 Å². The van der Waals surface area contributed by atoms with Gasteiger partial charge in [0.2, 0.25) is 0 Å². The highest BCUT2D eigenvalue weighted by Crippen LogP contribution is 2.19. The molecule has 4 heteroatoms. The molecule has 0 aliphatic carbocycles. The molecule has 0 aliphatic rings. The summed E-state index contributed by atoms with van der Waals surface area (Å²) in [6.07, 6.45) is 0.244. The van der Waals surface area contributed by atoms with Crippen molar-refractivity contribution in [1.82, 2.24) is 5.32 Å². The SMILES string of the molecule is CC(C)CNC(=O)C(C)Oc1ccccc1CCN. The van der Waals surface area contributed by atoms with Crippen molar-refractivity contribution in [2.75, 3.05) is 13.1 Å². The highest BCUT2D eigenvalue weighted by Gasteiger charge is 2.15. The fourth-order valence-corrected chi connectivity index (χ4v) is 1.67. The second-order valence-electron chi connectivity index (χ2n) is 5.05. The maximum absolute atomic E-state index is 11.9. The highest BCUT2D eigenvalue weighted by atomic mass is 16.5. The normalized spacial score (nSPS) is 12.3. The van der Waals surface area contributed by atoms with Crippen molar-refractivity contribution in [1.29, 1.82) is 0 Å². The van der Waals surface area contributed by atoms with E-state index in [-0.39, 0.29) is 5.91 Å². The lowest BCUT2D eigenvalue weighted by Gasteiger charge is -2.17. The van der Waals surface area contributed by atoms with E-state index in [2.05, 4.69) is 19.2 Å². The maximum Gasteiger partial charge on any atom is 0.260 e. The Kier molecular flexibility index (Phi) is 6.36. The van der Waals surface area contributed by atoms with Crippen LogP contribution in [-0.4, -0.2) is 25.1 Å². The lowest BCUT2D eigenvalue weighted by Crippen LogP contribution is -2.38. The van der Waals surface area contributed by atoms with Crippen LogP contribution in [0.5, 0.6) is 5.75 Å². The van der Waals surface area contributed by atoms with Crippen LogP contribution in [-0.2, 0) is 11.2 Å². The molecule has 0 fully saturated rings. The number of carbonyl (C=O) groups excluding carboxylic acids is 1. The van der Waals surface area contributed by atoms with Crippen molar-refractivity contribution < 1.29 is 9.53 Å². The lowest BCUT2D eigenvalue weighted by molar-refractivity contribution is -0.127. The molecule has 0 aliphatic heterocycles. The maximum atomic E-state index is 11.9. The summed E-state index contributed by atoms with van der Waals surface area (Å²) in [5, 5.41) is 2.86. The molecule has 3 N–H and O–H groups in total. The third-order valence-corrected chi connectivity index (χ3v) is 2.74. The molecule has 1 aromatic rings. The summed E-state index contributed by atoms with van der Waals surface area (Å²) in [6.45, 7) is 7.10. The number of rotatable bonds is 7. The van der Waals surface area contributed by atoms with Crippen LogP contribution in [0.15, 0.2) is 24.3 Å². The summed E-state index contributed by atoms with van der Waals surface area (Å²) in [5.41, 5.74) is 6.60. The summed E-state index contributed by atoms with van der Waals surface area (Å²) < 4.78 is 5.72. The van der Waals surface area contributed by atoms with Crippen molar-refractivity contribution >= 4 is 5.91 Å². The van der Waals surface area contributed by atoms with E-state index >= 15 is 0 Å². The smallest absolute Gasteiger partial charge is 0.260 e. The van der Waals surface area contributed by atoms with E-state index in [0.29, 0.717) is 19.0 Å². The standard InChI is InChI=1S/C15H24N2O2/c1-11(2)10-17-15(18)12(3)19-14-7-5-4-6-13(14)8-9-16/h4-7,11-12H,8-10,16H2,1-3H3,(H,17,18). The van der Waals surface area contributed by atoms with E-state index in [1.165, 1.54) is 0 Å². The van der Waals surface area contributed by atoms with E-state index in [1.807, 2.05) is 24.3 Å². The number of nitrogens with one attached hydrogen (secondary N) is 1. The first kappa shape index (κ1) is 15.5. The van der Waals surface area contributed by atoms with Gasteiger partial charge in [0.05, 0.1) is 0 Å². The summed E-state index contributed by atoms with van der Waals surface area (Å²) in [5.74, 6) is 1.08. The number of benzene rings is 1. The Hall–Kier alpha value is -1.55. The Morgan fingerprint density at radius 3 is 2.63 bits per heavy atom. The van der Waals surface area contributed by atoms with E-state index in [4.69, 9.17) is 10.5 Å². The van der Waals surface area contributed by atoms with Gasteiger partial charge < -0.3 is 15.8 Å². The number of hydrogen-bond donors (Lipinski definition) is 2. The van der Waals surface area contributed by atoms with Gasteiger partial charge in [-0.25, -0.2) is 0 Å². The van der Waals surface area contributed by atoms with Crippen molar-refractivity contribution in [2.24, 2.45) is 11.7 Å². The van der Waals surface area contributed by atoms with E-state index in [1.54, 1.807) is 6.92 Å². The molecule has 106 valence electrons. The van der Waals surface area contributed by atoms with Crippen LogP contribution >= 0.6 is 0 Å². The molecule has 0 heterocycles. The van der Waals surface area contributed by atoms with Gasteiger partial charge in [-0.1, -0.05) is 32.0 Å². The van der Waals surface area contributed by atoms with Crippen molar-refractivity contribution in [3.05, 3.63) is 29.8 Å². The third-order valence-electron chi connectivity index (χ3n) is 2.74. The van der Waals surface area contributed by atoms with Crippen molar-refractivity contribution in [3.63, 3.8) is 0 Å². The molecule has 1 unspecified atom stereocenters. The zero-order valence-corrected chi connectivity index (χ0v) is 12.0. The predicted molar refractivity (Wildman–Crippen MR) is 77.1 cm³/mol. The largest absolute Gasteiger partial charge is 0.481 e. The molecule has 4 nitrogen and oxygen atoms in total. The average Bonchev–Trinajstić information content (AvgIpc) is 2.38. The quantitative estimate of drug-likeness (QED) is 0.788. The fourth-order valence-electron chi connectivity index (χ4n) is 1.67. The van der Waals surface area contributed by atoms with Crippen LogP contribution in [0.4, 0.5) is 0 Å². The molecule has 0 bridgehead atoms. The van der Waals surface area contributed by atoms with Crippen LogP contribution in [0.2, 0.25) is 0 Å². The molecular formula is C15H24N2O2. The first-order valence-corrected chi connectivity index (χ1v) is 6.77. The van der Waals surface area contributed by atoms with Gasteiger partial charge in [-0.05, 0) is 37.4 Å². The summed E-state index contributed by atoms with van der Waals surface area (Å²) in [7, 11) is 0. The first-order chi connectivity index (χ1) is 9.04. The van der Waals surface area contributed by atoms with Gasteiger partial charge >= 0.3 is 0 Å². The number of carbonyl (C=O) groups is 1. The topological polar surface area (TPSA) is 64.3 Å². The Morgan fingerprint density at radius 1 is 1.32 bits per heavy atom. The van der Waals surface area contributed by atoms with Gasteiger partial charge in [-0.3, -0.25) is 4.79 Å². The fraction of sp³-hybridized carbons (Fsp3) is 0.533. The van der Waals surface area contributed by atoms with Gasteiger partial charge in [-0.2, -0.15) is 0 Å². The van der Waals surface area contributed by atoms with Gasteiger partial charge in [0.15, 0.2) is 6.10 Å². The molecule has 0 aromatic heterocycles. The molecular weight excluding hydrogens is 240 g/mol. The number of amides is 1. The second-order valence-corrected chi connectivity index (χ2v) is 5.05. The first-order valence-electron chi connectivity index (χ1n) is 6.77. The van der Waals surface area contributed by atoms with E-state index in [0.717, 1.165) is 17.7 Å². The van der Waals surface area contributed by atoms with E-state index < -0.39 is 6.10 Å². The number of para-hydroxylation sites is 1. The van der Waals surface area contributed by atoms with Gasteiger partial charge in [0.1, 0.15) is 5.75 Å². The molecule has 0 saturated carbocycles. The molecule has 0 radical (unpaired) electrons. The Labute approximate surface area is 115 Å². The van der Waals surface area contributed by atoms with Crippen LogP contribution < -0.4 is 15.8 Å². The molecule has 1 amide bonds. The minimum atomic E-state index is -0.502. The van der Waals surface area contributed by atoms with Gasteiger partial charge in [0.25, 0.3) is 5.91 Å². The minimum Gasteiger partial charge on any atom is -0.481 e. The predicted octanol–water partition coefficient (Wildman–Crippen LogP) is 1.73. The number of nitrogens with two attached hydrogens (primary N) is 1. The minimum absolute atomic E-state index is 0.0868. The van der Waals surface area contributed by atoms with Gasteiger partial charge in [-0.15, -0.1) is 0 Å². The Balaban J connectivity index is 2.60. The summed E-state index contributed by atoms with van der Waals surface area (Å²) in [4.78, 5) is 11.9. The lowest BCUT2D eigenvalue weighted by atomic mass is 10.1. The second kappa shape index (κ2) is 7.79.